The summed E-state index contributed by atoms with van der Waals surface area (Å²) < 4.78 is 51.8. The van der Waals surface area contributed by atoms with E-state index in [2.05, 4.69) is 5.10 Å². The Hall–Kier alpha value is -2.05. The fraction of sp³-hybridized carbons (Fsp3) is 0.182. The van der Waals surface area contributed by atoms with Crippen LogP contribution in [0.4, 0.5) is 23.2 Å². The van der Waals surface area contributed by atoms with Gasteiger partial charge in [-0.25, -0.2) is 9.07 Å². The van der Waals surface area contributed by atoms with Crippen LogP contribution >= 0.6 is 0 Å². The van der Waals surface area contributed by atoms with Crippen LogP contribution in [0.5, 0.6) is 0 Å². The van der Waals surface area contributed by atoms with Gasteiger partial charge in [0.25, 0.3) is 0 Å². The van der Waals surface area contributed by atoms with Crippen molar-refractivity contribution in [2.45, 2.75) is 12.5 Å². The molecule has 0 amide bonds. The summed E-state index contributed by atoms with van der Waals surface area (Å²) in [4.78, 5) is 0. The summed E-state index contributed by atoms with van der Waals surface area (Å²) in [6.07, 6.45) is -3.57. The Labute approximate surface area is 99.8 Å². The van der Waals surface area contributed by atoms with Gasteiger partial charge in [-0.2, -0.15) is 18.3 Å². The molecule has 2 rings (SSSR count). The topological polar surface area (TPSA) is 43.8 Å². The monoisotopic (exact) mass is 259 g/mol. The van der Waals surface area contributed by atoms with Gasteiger partial charge >= 0.3 is 6.18 Å². The molecule has 96 valence electrons. The second-order valence-electron chi connectivity index (χ2n) is 3.71. The molecule has 1 aromatic carbocycles. The summed E-state index contributed by atoms with van der Waals surface area (Å²) in [5.74, 6) is 0. The first-order chi connectivity index (χ1) is 8.38. The fourth-order valence-corrected chi connectivity index (χ4v) is 1.46. The molecule has 1 aromatic heterocycles. The van der Waals surface area contributed by atoms with E-state index in [1.165, 1.54) is 12.4 Å². The minimum atomic E-state index is -4.43. The summed E-state index contributed by atoms with van der Waals surface area (Å²) in [6.45, 7) is 0. The first-order valence-corrected chi connectivity index (χ1v) is 4.99. The summed E-state index contributed by atoms with van der Waals surface area (Å²) in [5, 5.41) is 3.66. The van der Waals surface area contributed by atoms with Crippen molar-refractivity contribution >= 4 is 5.69 Å². The molecule has 0 aliphatic heterocycles. The Morgan fingerprint density at radius 3 is 2.22 bits per heavy atom. The second kappa shape index (κ2) is 4.32. The molecule has 1 atom stereocenters. The van der Waals surface area contributed by atoms with Crippen LogP contribution in [-0.2, 0) is 6.18 Å². The van der Waals surface area contributed by atoms with Crippen molar-refractivity contribution in [3.8, 4) is 0 Å². The van der Waals surface area contributed by atoms with Gasteiger partial charge in [0.15, 0.2) is 0 Å². The van der Waals surface area contributed by atoms with Gasteiger partial charge in [-0.05, 0) is 12.1 Å². The number of nitrogen functional groups attached to an aromatic ring is 1. The Morgan fingerprint density at radius 2 is 1.78 bits per heavy atom. The van der Waals surface area contributed by atoms with Crippen LogP contribution in [0.2, 0.25) is 0 Å². The van der Waals surface area contributed by atoms with Gasteiger partial charge in [0.2, 0.25) is 6.30 Å². The third-order valence-corrected chi connectivity index (χ3v) is 2.37. The molecule has 0 spiro atoms. The van der Waals surface area contributed by atoms with Crippen LogP contribution in [0.25, 0.3) is 0 Å². The number of halogens is 4. The van der Waals surface area contributed by atoms with E-state index >= 15 is 0 Å². The van der Waals surface area contributed by atoms with Crippen molar-refractivity contribution in [1.82, 2.24) is 9.78 Å². The Kier molecular flexibility index (Phi) is 2.98. The predicted molar refractivity (Wildman–Crippen MR) is 57.3 cm³/mol. The lowest BCUT2D eigenvalue weighted by Crippen LogP contribution is -2.08. The van der Waals surface area contributed by atoms with Crippen molar-refractivity contribution < 1.29 is 17.6 Å². The highest BCUT2D eigenvalue weighted by Crippen LogP contribution is 2.30. The molecular weight excluding hydrogens is 250 g/mol. The lowest BCUT2D eigenvalue weighted by Gasteiger charge is -2.11. The molecule has 0 fully saturated rings. The van der Waals surface area contributed by atoms with Crippen molar-refractivity contribution in [1.29, 1.82) is 0 Å². The second-order valence-corrected chi connectivity index (χ2v) is 3.71. The highest BCUT2D eigenvalue weighted by molar-refractivity contribution is 5.32. The number of anilines is 1. The number of rotatable bonds is 2. The van der Waals surface area contributed by atoms with Gasteiger partial charge < -0.3 is 5.73 Å². The summed E-state index contributed by atoms with van der Waals surface area (Å²) in [7, 11) is 0. The zero-order chi connectivity index (χ0) is 13.3. The maximum Gasteiger partial charge on any atom is 0.416 e. The van der Waals surface area contributed by atoms with E-state index in [0.717, 1.165) is 28.9 Å². The lowest BCUT2D eigenvalue weighted by atomic mass is 10.1. The average molecular weight is 259 g/mol. The number of hydrogen-bond donors (Lipinski definition) is 1. The number of alkyl halides is 4. The van der Waals surface area contributed by atoms with Crippen LogP contribution in [0.3, 0.4) is 0 Å². The van der Waals surface area contributed by atoms with E-state index in [4.69, 9.17) is 5.73 Å². The number of benzene rings is 1. The molecule has 0 aliphatic carbocycles. The standard InChI is InChI=1S/C11H9F4N3/c12-10(18-6-9(16)5-17-18)7-1-3-8(4-2-7)11(13,14)15/h1-6,10H,16H2. The molecule has 18 heavy (non-hydrogen) atoms. The Morgan fingerprint density at radius 1 is 1.17 bits per heavy atom. The van der Waals surface area contributed by atoms with Gasteiger partial charge in [0.05, 0.1) is 23.6 Å². The van der Waals surface area contributed by atoms with Gasteiger partial charge in [0, 0.05) is 5.56 Å². The van der Waals surface area contributed by atoms with Crippen LogP contribution in [0.1, 0.15) is 17.4 Å². The predicted octanol–water partition coefficient (Wildman–Crippen LogP) is 3.00. The molecule has 0 aliphatic rings. The van der Waals surface area contributed by atoms with Gasteiger partial charge in [-0.1, -0.05) is 12.1 Å². The smallest absolute Gasteiger partial charge is 0.396 e. The zero-order valence-electron chi connectivity index (χ0n) is 9.03. The molecule has 0 bridgehead atoms. The van der Waals surface area contributed by atoms with Gasteiger partial charge in [0.1, 0.15) is 0 Å². The molecule has 0 radical (unpaired) electrons. The van der Waals surface area contributed by atoms with E-state index in [1.54, 1.807) is 0 Å². The van der Waals surface area contributed by atoms with Crippen molar-refractivity contribution in [2.24, 2.45) is 0 Å². The summed E-state index contributed by atoms with van der Waals surface area (Å²) in [5.41, 5.74) is 4.91. The molecule has 7 heteroatoms. The average Bonchev–Trinajstić information content (AvgIpc) is 2.74. The first kappa shape index (κ1) is 12.4. The molecular formula is C11H9F4N3. The van der Waals surface area contributed by atoms with Gasteiger partial charge in [-0.15, -0.1) is 0 Å². The molecule has 2 aromatic rings. The summed E-state index contributed by atoms with van der Waals surface area (Å²) >= 11 is 0. The van der Waals surface area contributed by atoms with E-state index in [1.807, 2.05) is 0 Å². The van der Waals surface area contributed by atoms with Crippen LogP contribution in [-0.4, -0.2) is 9.78 Å². The zero-order valence-corrected chi connectivity index (χ0v) is 9.03. The van der Waals surface area contributed by atoms with Crippen LogP contribution in [0.15, 0.2) is 36.7 Å². The fourth-order valence-electron chi connectivity index (χ4n) is 1.46. The van der Waals surface area contributed by atoms with Crippen molar-refractivity contribution in [3.05, 3.63) is 47.8 Å². The highest BCUT2D eigenvalue weighted by atomic mass is 19.4. The SMILES string of the molecule is Nc1cnn(C(F)c2ccc(C(F)(F)F)cc2)c1. The van der Waals surface area contributed by atoms with Crippen LogP contribution in [0, 0.1) is 0 Å². The molecule has 0 saturated carbocycles. The van der Waals surface area contributed by atoms with Crippen molar-refractivity contribution in [2.75, 3.05) is 5.73 Å². The van der Waals surface area contributed by atoms with E-state index in [-0.39, 0.29) is 11.3 Å². The quantitative estimate of drug-likeness (QED) is 0.842. The van der Waals surface area contributed by atoms with E-state index in [9.17, 15) is 17.6 Å². The number of aromatic nitrogens is 2. The maximum atomic E-state index is 13.9. The van der Waals surface area contributed by atoms with E-state index in [0.29, 0.717) is 0 Å². The molecule has 0 saturated heterocycles. The third kappa shape index (κ3) is 2.44. The minimum absolute atomic E-state index is 0.0751. The maximum absolute atomic E-state index is 13.9. The number of nitrogens with two attached hydrogens (primary N) is 1. The van der Waals surface area contributed by atoms with Gasteiger partial charge in [-0.3, -0.25) is 0 Å². The van der Waals surface area contributed by atoms with E-state index < -0.39 is 18.0 Å². The first-order valence-electron chi connectivity index (χ1n) is 4.99. The van der Waals surface area contributed by atoms with Crippen LogP contribution < -0.4 is 5.73 Å². The minimum Gasteiger partial charge on any atom is -0.396 e. The molecule has 1 heterocycles. The lowest BCUT2D eigenvalue weighted by molar-refractivity contribution is -0.137. The molecule has 3 nitrogen and oxygen atoms in total. The summed E-state index contributed by atoms with van der Waals surface area (Å²) in [6, 6.07) is 3.81. The molecule has 1 unspecified atom stereocenters. The van der Waals surface area contributed by atoms with Crippen molar-refractivity contribution in [3.63, 3.8) is 0 Å². The molecule has 2 N–H and O–H groups in total. The number of nitrogens with zero attached hydrogens (tertiary/aromatic N) is 2. The third-order valence-electron chi connectivity index (χ3n) is 2.37. The Balaban J connectivity index is 2.24. The number of hydrogen-bond acceptors (Lipinski definition) is 2. The highest BCUT2D eigenvalue weighted by Gasteiger charge is 2.30. The Bertz CT molecular complexity index is 530. The normalized spacial score (nSPS) is 13.6. The largest absolute Gasteiger partial charge is 0.416 e.